The zero-order chi connectivity index (χ0) is 16.5. The highest BCUT2D eigenvalue weighted by molar-refractivity contribution is 14.0. The number of benzene rings is 1. The summed E-state index contributed by atoms with van der Waals surface area (Å²) in [6.45, 7) is 6.15. The van der Waals surface area contributed by atoms with Crippen molar-refractivity contribution in [3.8, 4) is 5.75 Å². The first-order valence-electron chi connectivity index (χ1n) is 7.79. The summed E-state index contributed by atoms with van der Waals surface area (Å²) in [7, 11) is 1.77. The van der Waals surface area contributed by atoms with Gasteiger partial charge in [-0.15, -0.1) is 35.3 Å². The number of aromatic nitrogens is 1. The fourth-order valence-corrected chi connectivity index (χ4v) is 2.82. The Balaban J connectivity index is 0.00000288. The van der Waals surface area contributed by atoms with E-state index in [1.165, 1.54) is 0 Å². The molecule has 0 aliphatic rings. The van der Waals surface area contributed by atoms with Crippen molar-refractivity contribution in [2.24, 2.45) is 4.99 Å². The normalized spacial score (nSPS) is 10.9. The molecule has 0 amide bonds. The van der Waals surface area contributed by atoms with Crippen LogP contribution < -0.4 is 15.4 Å². The van der Waals surface area contributed by atoms with Crippen molar-refractivity contribution in [1.82, 2.24) is 15.6 Å². The molecule has 24 heavy (non-hydrogen) atoms. The summed E-state index contributed by atoms with van der Waals surface area (Å²) in [6, 6.07) is 8.04. The predicted molar refractivity (Wildman–Crippen MR) is 112 cm³/mol. The Morgan fingerprint density at radius 3 is 2.75 bits per heavy atom. The van der Waals surface area contributed by atoms with E-state index in [9.17, 15) is 0 Å². The second kappa shape index (κ2) is 11.2. The number of nitrogens with zero attached hydrogens (tertiary/aromatic N) is 2. The van der Waals surface area contributed by atoms with Gasteiger partial charge in [-0.25, -0.2) is 4.98 Å². The van der Waals surface area contributed by atoms with Crippen LogP contribution in [0.2, 0.25) is 0 Å². The highest BCUT2D eigenvalue weighted by atomic mass is 127. The molecule has 1 aromatic carbocycles. The van der Waals surface area contributed by atoms with Gasteiger partial charge in [0.05, 0.1) is 17.3 Å². The van der Waals surface area contributed by atoms with Gasteiger partial charge >= 0.3 is 0 Å². The quantitative estimate of drug-likeness (QED) is 0.378. The number of para-hydroxylation sites is 1. The molecule has 1 aromatic heterocycles. The van der Waals surface area contributed by atoms with E-state index in [4.69, 9.17) is 4.74 Å². The van der Waals surface area contributed by atoms with Crippen LogP contribution in [-0.4, -0.2) is 31.1 Å². The summed E-state index contributed by atoms with van der Waals surface area (Å²) in [5.74, 6) is 1.69. The monoisotopic (exact) mass is 460 g/mol. The first-order chi connectivity index (χ1) is 11.2. The van der Waals surface area contributed by atoms with E-state index in [0.717, 1.165) is 40.9 Å². The third-order valence-corrected chi connectivity index (χ3v) is 4.10. The number of guanidine groups is 1. The van der Waals surface area contributed by atoms with Crippen molar-refractivity contribution in [3.05, 3.63) is 45.9 Å². The molecule has 2 rings (SSSR count). The lowest BCUT2D eigenvalue weighted by molar-refractivity contribution is 0.336. The van der Waals surface area contributed by atoms with Crippen LogP contribution in [0.5, 0.6) is 5.75 Å². The fourth-order valence-electron chi connectivity index (χ4n) is 2.18. The van der Waals surface area contributed by atoms with Crippen LogP contribution in [0.4, 0.5) is 0 Å². The summed E-state index contributed by atoms with van der Waals surface area (Å²) in [6.07, 6.45) is 0.889. The van der Waals surface area contributed by atoms with Crippen molar-refractivity contribution < 1.29 is 4.74 Å². The van der Waals surface area contributed by atoms with E-state index in [-0.39, 0.29) is 24.0 Å². The number of rotatable bonds is 7. The van der Waals surface area contributed by atoms with Gasteiger partial charge in [-0.1, -0.05) is 18.2 Å². The molecule has 7 heteroatoms. The minimum Gasteiger partial charge on any atom is -0.494 e. The average molecular weight is 460 g/mol. The van der Waals surface area contributed by atoms with Gasteiger partial charge in [-0.2, -0.15) is 0 Å². The zero-order valence-electron chi connectivity index (χ0n) is 14.3. The van der Waals surface area contributed by atoms with Crippen molar-refractivity contribution in [1.29, 1.82) is 0 Å². The molecule has 1 heterocycles. The minimum atomic E-state index is 0. The Morgan fingerprint density at radius 1 is 1.29 bits per heavy atom. The number of nitrogens with one attached hydrogen (secondary N) is 2. The molecule has 132 valence electrons. The van der Waals surface area contributed by atoms with E-state index in [1.54, 1.807) is 18.4 Å². The minimum absolute atomic E-state index is 0. The number of aryl methyl sites for hydroxylation is 1. The summed E-state index contributed by atoms with van der Waals surface area (Å²) in [5, 5.41) is 9.84. The highest BCUT2D eigenvalue weighted by Gasteiger charge is 2.04. The lowest BCUT2D eigenvalue weighted by Crippen LogP contribution is -2.38. The topological polar surface area (TPSA) is 58.5 Å². The fraction of sp³-hybridized carbons (Fsp3) is 0.412. The van der Waals surface area contributed by atoms with Gasteiger partial charge in [-0.05, 0) is 19.9 Å². The maximum atomic E-state index is 5.64. The zero-order valence-corrected chi connectivity index (χ0v) is 17.5. The Hall–Kier alpha value is -1.35. The lowest BCUT2D eigenvalue weighted by Gasteiger charge is -2.14. The van der Waals surface area contributed by atoms with Gasteiger partial charge in [0, 0.05) is 37.5 Å². The van der Waals surface area contributed by atoms with Crippen LogP contribution in [0, 0.1) is 6.92 Å². The molecule has 0 radical (unpaired) electrons. The van der Waals surface area contributed by atoms with Crippen molar-refractivity contribution in [2.75, 3.05) is 20.2 Å². The van der Waals surface area contributed by atoms with Crippen LogP contribution in [0.15, 0.2) is 34.6 Å². The molecule has 0 saturated carbocycles. The highest BCUT2D eigenvalue weighted by Crippen LogP contribution is 2.17. The largest absolute Gasteiger partial charge is 0.494 e. The van der Waals surface area contributed by atoms with Crippen molar-refractivity contribution in [3.63, 3.8) is 0 Å². The van der Waals surface area contributed by atoms with Crippen molar-refractivity contribution in [2.45, 2.75) is 26.8 Å². The third kappa shape index (κ3) is 6.64. The maximum absolute atomic E-state index is 5.64. The van der Waals surface area contributed by atoms with Gasteiger partial charge in [0.2, 0.25) is 0 Å². The molecule has 0 bridgehead atoms. The molecular weight excluding hydrogens is 435 g/mol. The number of aliphatic imine (C=N–C) groups is 1. The number of halogens is 1. The molecule has 0 atom stereocenters. The molecule has 2 N–H and O–H groups in total. The first kappa shape index (κ1) is 20.7. The summed E-state index contributed by atoms with van der Waals surface area (Å²) < 4.78 is 5.64. The summed E-state index contributed by atoms with van der Waals surface area (Å²) in [5.41, 5.74) is 2.24. The summed E-state index contributed by atoms with van der Waals surface area (Å²) in [4.78, 5) is 8.71. The molecule has 0 spiro atoms. The smallest absolute Gasteiger partial charge is 0.191 e. The van der Waals surface area contributed by atoms with Crippen LogP contribution >= 0.6 is 35.3 Å². The van der Waals surface area contributed by atoms with Crippen LogP contribution in [0.1, 0.15) is 23.2 Å². The molecular formula is C17H25IN4OS. The standard InChI is InChI=1S/C17H24N4OS.HI/c1-4-22-16-8-6-5-7-14(16)11-20-17(18-3)19-10-9-15-12-23-13(2)21-15;/h5-8,12H,4,9-11H2,1-3H3,(H2,18,19,20);1H. The molecule has 0 saturated heterocycles. The molecule has 0 aliphatic heterocycles. The summed E-state index contributed by atoms with van der Waals surface area (Å²) >= 11 is 1.68. The van der Waals surface area contributed by atoms with E-state index in [2.05, 4.69) is 32.1 Å². The number of hydrogen-bond donors (Lipinski definition) is 2. The Labute approximate surface area is 165 Å². The Kier molecular flexibility index (Phi) is 9.70. The van der Waals surface area contributed by atoms with Gasteiger partial charge in [0.1, 0.15) is 5.75 Å². The third-order valence-electron chi connectivity index (χ3n) is 3.28. The Morgan fingerprint density at radius 2 is 2.08 bits per heavy atom. The average Bonchev–Trinajstić information content (AvgIpc) is 2.97. The maximum Gasteiger partial charge on any atom is 0.191 e. The first-order valence-corrected chi connectivity index (χ1v) is 8.67. The second-order valence-corrected chi connectivity index (χ2v) is 6.06. The van der Waals surface area contributed by atoms with E-state index < -0.39 is 0 Å². The SMILES string of the molecule is CCOc1ccccc1CNC(=NC)NCCc1csc(C)n1.I. The van der Waals surface area contributed by atoms with Gasteiger partial charge < -0.3 is 15.4 Å². The van der Waals surface area contributed by atoms with E-state index in [0.29, 0.717) is 13.2 Å². The molecule has 0 unspecified atom stereocenters. The number of thiazole rings is 1. The van der Waals surface area contributed by atoms with Crippen LogP contribution in [0.25, 0.3) is 0 Å². The second-order valence-electron chi connectivity index (χ2n) is 5.00. The van der Waals surface area contributed by atoms with Gasteiger partial charge in [0.25, 0.3) is 0 Å². The molecule has 5 nitrogen and oxygen atoms in total. The Bertz CT molecular complexity index is 645. The van der Waals surface area contributed by atoms with Crippen LogP contribution in [0.3, 0.4) is 0 Å². The van der Waals surface area contributed by atoms with Gasteiger partial charge in [0.15, 0.2) is 5.96 Å². The number of ether oxygens (including phenoxy) is 1. The predicted octanol–water partition coefficient (Wildman–Crippen LogP) is 3.38. The van der Waals surface area contributed by atoms with Crippen LogP contribution in [-0.2, 0) is 13.0 Å². The molecule has 0 fully saturated rings. The molecule has 0 aliphatic carbocycles. The molecule has 2 aromatic rings. The van der Waals surface area contributed by atoms with E-state index >= 15 is 0 Å². The number of hydrogen-bond acceptors (Lipinski definition) is 4. The van der Waals surface area contributed by atoms with Crippen molar-refractivity contribution >= 4 is 41.3 Å². The lowest BCUT2D eigenvalue weighted by atomic mass is 10.2. The van der Waals surface area contributed by atoms with E-state index in [1.807, 2.05) is 32.0 Å². The van der Waals surface area contributed by atoms with Gasteiger partial charge in [-0.3, -0.25) is 4.99 Å².